The van der Waals surface area contributed by atoms with Crippen molar-refractivity contribution in [2.75, 3.05) is 0 Å². The van der Waals surface area contributed by atoms with Crippen LogP contribution in [0.25, 0.3) is 17.2 Å². The van der Waals surface area contributed by atoms with Gasteiger partial charge in [-0.25, -0.2) is 0 Å². The SMILES string of the molecule is CC1=Cc2c(cccc2-c2ccccc2)[CH]1. The lowest BCUT2D eigenvalue weighted by molar-refractivity contribution is 1.45. The quantitative estimate of drug-likeness (QED) is 0.650. The van der Waals surface area contributed by atoms with Crippen LogP contribution in [0.5, 0.6) is 0 Å². The average Bonchev–Trinajstić information content (AvgIpc) is 2.70. The van der Waals surface area contributed by atoms with Crippen LogP contribution in [0.3, 0.4) is 0 Å². The second-order valence-electron chi connectivity index (χ2n) is 4.21. The van der Waals surface area contributed by atoms with Gasteiger partial charge in [-0.2, -0.15) is 0 Å². The molecule has 1 aliphatic carbocycles. The second kappa shape index (κ2) is 3.64. The molecular weight excluding hydrogens is 192 g/mol. The van der Waals surface area contributed by atoms with E-state index in [0.29, 0.717) is 0 Å². The molecule has 0 heteroatoms. The molecule has 16 heavy (non-hydrogen) atoms. The molecule has 2 aromatic carbocycles. The third kappa shape index (κ3) is 1.47. The Bertz CT molecular complexity index is 548. The van der Waals surface area contributed by atoms with Gasteiger partial charge in [0.2, 0.25) is 0 Å². The summed E-state index contributed by atoms with van der Waals surface area (Å²) in [5.41, 5.74) is 6.63. The summed E-state index contributed by atoms with van der Waals surface area (Å²) in [6.07, 6.45) is 4.50. The highest BCUT2D eigenvalue weighted by Crippen LogP contribution is 2.34. The molecule has 2 aromatic rings. The van der Waals surface area contributed by atoms with Crippen molar-refractivity contribution in [1.29, 1.82) is 0 Å². The zero-order valence-electron chi connectivity index (χ0n) is 9.27. The molecule has 1 radical (unpaired) electrons. The van der Waals surface area contributed by atoms with Crippen molar-refractivity contribution < 1.29 is 0 Å². The molecular formula is C16H13. The van der Waals surface area contributed by atoms with Crippen LogP contribution in [0.2, 0.25) is 0 Å². The summed E-state index contributed by atoms with van der Waals surface area (Å²) in [6.45, 7) is 2.15. The van der Waals surface area contributed by atoms with E-state index in [2.05, 4.69) is 68.0 Å². The van der Waals surface area contributed by atoms with Gasteiger partial charge in [0.05, 0.1) is 0 Å². The molecule has 3 rings (SSSR count). The zero-order chi connectivity index (χ0) is 11.0. The number of hydrogen-bond acceptors (Lipinski definition) is 0. The highest BCUT2D eigenvalue weighted by molar-refractivity contribution is 5.82. The molecule has 1 aliphatic rings. The van der Waals surface area contributed by atoms with Gasteiger partial charge in [-0.1, -0.05) is 60.2 Å². The molecule has 0 N–H and O–H groups in total. The van der Waals surface area contributed by atoms with Crippen molar-refractivity contribution in [3.05, 3.63) is 71.7 Å². The van der Waals surface area contributed by atoms with Crippen molar-refractivity contribution >= 4 is 6.08 Å². The maximum absolute atomic E-state index is 2.26. The van der Waals surface area contributed by atoms with E-state index >= 15 is 0 Å². The lowest BCUT2D eigenvalue weighted by atomic mass is 9.97. The van der Waals surface area contributed by atoms with Gasteiger partial charge in [0.1, 0.15) is 0 Å². The third-order valence-electron chi connectivity index (χ3n) is 2.98. The van der Waals surface area contributed by atoms with E-state index < -0.39 is 0 Å². The first kappa shape index (κ1) is 9.41. The first-order chi connectivity index (χ1) is 7.84. The van der Waals surface area contributed by atoms with Gasteiger partial charge in [-0.15, -0.1) is 0 Å². The summed E-state index contributed by atoms with van der Waals surface area (Å²) in [5, 5.41) is 0. The predicted molar refractivity (Wildman–Crippen MR) is 68.9 cm³/mol. The molecule has 0 unspecified atom stereocenters. The van der Waals surface area contributed by atoms with Crippen LogP contribution in [0.15, 0.2) is 54.1 Å². The fourth-order valence-electron chi connectivity index (χ4n) is 2.25. The van der Waals surface area contributed by atoms with Gasteiger partial charge in [0, 0.05) is 6.42 Å². The number of rotatable bonds is 1. The molecule has 77 valence electrons. The Kier molecular flexibility index (Phi) is 2.14. The van der Waals surface area contributed by atoms with Crippen LogP contribution in [0.4, 0.5) is 0 Å². The largest absolute Gasteiger partial charge is 0.0642 e. The predicted octanol–water partition coefficient (Wildman–Crippen LogP) is 4.32. The van der Waals surface area contributed by atoms with Crippen LogP contribution < -0.4 is 0 Å². The Morgan fingerprint density at radius 2 is 1.62 bits per heavy atom. The van der Waals surface area contributed by atoms with Crippen LogP contribution in [-0.2, 0) is 0 Å². The van der Waals surface area contributed by atoms with E-state index in [4.69, 9.17) is 0 Å². The fraction of sp³-hybridized carbons (Fsp3) is 0.0625. The van der Waals surface area contributed by atoms with Crippen molar-refractivity contribution in [3.8, 4) is 11.1 Å². The highest BCUT2D eigenvalue weighted by Gasteiger charge is 2.13. The van der Waals surface area contributed by atoms with Gasteiger partial charge in [-0.05, 0) is 29.2 Å². The minimum absolute atomic E-state index is 1.29. The molecule has 0 saturated carbocycles. The first-order valence-electron chi connectivity index (χ1n) is 5.56. The maximum atomic E-state index is 2.26. The van der Waals surface area contributed by atoms with Gasteiger partial charge < -0.3 is 0 Å². The topological polar surface area (TPSA) is 0 Å². The molecule has 0 heterocycles. The van der Waals surface area contributed by atoms with Crippen molar-refractivity contribution in [2.24, 2.45) is 0 Å². The van der Waals surface area contributed by atoms with Crippen molar-refractivity contribution in [3.63, 3.8) is 0 Å². The summed E-state index contributed by atoms with van der Waals surface area (Å²) < 4.78 is 0. The molecule has 0 bridgehead atoms. The van der Waals surface area contributed by atoms with E-state index in [1.165, 1.54) is 27.8 Å². The monoisotopic (exact) mass is 205 g/mol. The lowest BCUT2D eigenvalue weighted by Crippen LogP contribution is -1.85. The fourth-order valence-corrected chi connectivity index (χ4v) is 2.25. The Morgan fingerprint density at radius 3 is 2.44 bits per heavy atom. The summed E-state index contributed by atoms with van der Waals surface area (Å²) in [4.78, 5) is 0. The van der Waals surface area contributed by atoms with Gasteiger partial charge in [-0.3, -0.25) is 0 Å². The van der Waals surface area contributed by atoms with E-state index in [9.17, 15) is 0 Å². The maximum Gasteiger partial charge on any atom is 0.0161 e. The Hall–Kier alpha value is -1.82. The summed E-state index contributed by atoms with van der Waals surface area (Å²) in [7, 11) is 0. The van der Waals surface area contributed by atoms with Gasteiger partial charge in [0.15, 0.2) is 0 Å². The van der Waals surface area contributed by atoms with Gasteiger partial charge in [0.25, 0.3) is 0 Å². The van der Waals surface area contributed by atoms with Crippen molar-refractivity contribution in [2.45, 2.75) is 6.92 Å². The van der Waals surface area contributed by atoms with E-state index in [0.717, 1.165) is 0 Å². The summed E-state index contributed by atoms with van der Waals surface area (Å²) >= 11 is 0. The highest BCUT2D eigenvalue weighted by atomic mass is 14.2. The summed E-state index contributed by atoms with van der Waals surface area (Å²) in [6, 6.07) is 17.1. The standard InChI is InChI=1S/C16H13/c1-12-10-14-8-5-9-15(16(14)11-12)13-6-3-2-4-7-13/h2-11H,1H3. The van der Waals surface area contributed by atoms with Crippen LogP contribution in [-0.4, -0.2) is 0 Å². The molecule has 0 amide bonds. The zero-order valence-corrected chi connectivity index (χ0v) is 9.27. The summed E-state index contributed by atoms with van der Waals surface area (Å²) in [5.74, 6) is 0. The average molecular weight is 205 g/mol. The van der Waals surface area contributed by atoms with Crippen LogP contribution in [0.1, 0.15) is 18.1 Å². The smallest absolute Gasteiger partial charge is 0.0161 e. The molecule has 0 aromatic heterocycles. The van der Waals surface area contributed by atoms with Crippen molar-refractivity contribution in [1.82, 2.24) is 0 Å². The molecule has 0 fully saturated rings. The van der Waals surface area contributed by atoms with Gasteiger partial charge >= 0.3 is 0 Å². The van der Waals surface area contributed by atoms with Crippen LogP contribution >= 0.6 is 0 Å². The van der Waals surface area contributed by atoms with E-state index in [-0.39, 0.29) is 0 Å². The first-order valence-corrected chi connectivity index (χ1v) is 5.56. The molecule has 0 spiro atoms. The number of allylic oxidation sites excluding steroid dienone is 1. The van der Waals surface area contributed by atoms with E-state index in [1.807, 2.05) is 0 Å². The minimum atomic E-state index is 1.29. The normalized spacial score (nSPS) is 13.4. The Morgan fingerprint density at radius 1 is 0.812 bits per heavy atom. The Balaban J connectivity index is 2.20. The number of fused-ring (bicyclic) bond motifs is 1. The van der Waals surface area contributed by atoms with E-state index in [1.54, 1.807) is 0 Å². The molecule has 0 aliphatic heterocycles. The lowest BCUT2D eigenvalue weighted by Gasteiger charge is -2.07. The number of benzene rings is 2. The van der Waals surface area contributed by atoms with Crippen LogP contribution in [0, 0.1) is 6.42 Å². The second-order valence-corrected chi connectivity index (χ2v) is 4.21. The molecule has 0 atom stereocenters. The number of hydrogen-bond donors (Lipinski definition) is 0. The third-order valence-corrected chi connectivity index (χ3v) is 2.98. The minimum Gasteiger partial charge on any atom is -0.0642 e. The molecule has 0 nitrogen and oxygen atoms in total. The molecule has 0 saturated heterocycles. The Labute approximate surface area is 96.3 Å².